The number of hydrogen-bond donors (Lipinski definition) is 3. The van der Waals surface area contributed by atoms with Crippen molar-refractivity contribution in [2.24, 2.45) is 0 Å². The summed E-state index contributed by atoms with van der Waals surface area (Å²) in [7, 11) is -2.94. The molecule has 0 fully saturated rings. The van der Waals surface area contributed by atoms with Crippen LogP contribution in [-0.4, -0.2) is 20.6 Å². The zero-order valence-corrected chi connectivity index (χ0v) is 15.7. The summed E-state index contributed by atoms with van der Waals surface area (Å²) in [5.41, 5.74) is 2.83. The molecular formula is C17H19Cl2NO3S. The van der Waals surface area contributed by atoms with E-state index in [2.05, 4.69) is 5.32 Å². The van der Waals surface area contributed by atoms with Gasteiger partial charge in [-0.1, -0.05) is 29.3 Å². The minimum absolute atomic E-state index is 0.108. The first-order valence-electron chi connectivity index (χ1n) is 7.65. The highest BCUT2D eigenvalue weighted by atomic mass is 35.5. The Bertz CT molecular complexity index is 786. The van der Waals surface area contributed by atoms with Gasteiger partial charge in [0.15, 0.2) is 5.78 Å². The number of nitrogens with one attached hydrogen (secondary N) is 1. The van der Waals surface area contributed by atoms with Crippen molar-refractivity contribution in [3.8, 4) is 0 Å². The maximum atomic E-state index is 12.3. The summed E-state index contributed by atoms with van der Waals surface area (Å²) in [5, 5.41) is 4.01. The molecule has 24 heavy (non-hydrogen) atoms. The van der Waals surface area contributed by atoms with Crippen LogP contribution >= 0.6 is 33.8 Å². The lowest BCUT2D eigenvalue weighted by Crippen LogP contribution is -2.33. The van der Waals surface area contributed by atoms with Crippen LogP contribution in [0.25, 0.3) is 0 Å². The largest absolute Gasteiger partial charge is 0.361 e. The summed E-state index contributed by atoms with van der Waals surface area (Å²) in [6.07, 6.45) is 1.43. The zero-order chi connectivity index (χ0) is 17.6. The third-order valence-electron chi connectivity index (χ3n) is 4.45. The van der Waals surface area contributed by atoms with Crippen LogP contribution in [0.4, 0.5) is 0 Å². The molecule has 4 nitrogen and oxygen atoms in total. The molecule has 1 aromatic rings. The molecule has 0 radical (unpaired) electrons. The normalized spacial score (nSPS) is 24.3. The van der Waals surface area contributed by atoms with Gasteiger partial charge in [-0.05, 0) is 44.4 Å². The van der Waals surface area contributed by atoms with Crippen LogP contribution in [0.1, 0.15) is 38.2 Å². The van der Waals surface area contributed by atoms with Crippen LogP contribution in [0.15, 0.2) is 40.1 Å². The van der Waals surface area contributed by atoms with Crippen LogP contribution < -0.4 is 5.32 Å². The second kappa shape index (κ2) is 6.39. The van der Waals surface area contributed by atoms with E-state index in [4.69, 9.17) is 23.2 Å². The Labute approximate surface area is 152 Å². The Morgan fingerprint density at radius 3 is 2.62 bits per heavy atom. The second-order valence-electron chi connectivity index (χ2n) is 6.14. The molecule has 130 valence electrons. The molecule has 2 heterocycles. The molecule has 0 saturated heterocycles. The summed E-state index contributed by atoms with van der Waals surface area (Å²) in [5.74, 6) is -0.308. The standard InChI is InChI=1S/C17H19Cl2NO3S/c1-9-15(10(2)21)16(11-5-6-12(18)13(19)8-11)17-14(20-9)4-3-7-24(17,22)23/h5-6,8,16,20,22-23H,3-4,7H2,1-2H3. The van der Waals surface area contributed by atoms with Gasteiger partial charge in [-0.2, -0.15) is 10.6 Å². The van der Waals surface area contributed by atoms with Crippen LogP contribution in [0, 0.1) is 0 Å². The van der Waals surface area contributed by atoms with Crippen molar-refractivity contribution >= 4 is 39.6 Å². The quantitative estimate of drug-likeness (QED) is 0.643. The first kappa shape index (κ1) is 17.8. The van der Waals surface area contributed by atoms with Gasteiger partial charge < -0.3 is 5.32 Å². The van der Waals surface area contributed by atoms with Gasteiger partial charge in [-0.25, -0.2) is 0 Å². The number of ketones is 1. The number of allylic oxidation sites excluding steroid dienone is 4. The van der Waals surface area contributed by atoms with Crippen LogP contribution in [0.3, 0.4) is 0 Å². The Kier molecular flexibility index (Phi) is 4.75. The minimum Gasteiger partial charge on any atom is -0.361 e. The van der Waals surface area contributed by atoms with Crippen molar-refractivity contribution < 1.29 is 13.9 Å². The Morgan fingerprint density at radius 2 is 2.00 bits per heavy atom. The molecule has 2 aliphatic heterocycles. The van der Waals surface area contributed by atoms with E-state index in [-0.39, 0.29) is 5.78 Å². The highest BCUT2D eigenvalue weighted by Crippen LogP contribution is 2.61. The number of carbonyl (C=O) groups is 1. The number of carbonyl (C=O) groups excluding carboxylic acids is 1. The third-order valence-corrected chi connectivity index (χ3v) is 7.24. The average Bonchev–Trinajstić information content (AvgIpc) is 2.48. The fraction of sp³-hybridized carbons (Fsp3) is 0.353. The van der Waals surface area contributed by atoms with Gasteiger partial charge in [0.2, 0.25) is 0 Å². The molecule has 0 bridgehead atoms. The van der Waals surface area contributed by atoms with Crippen LogP contribution in [0.5, 0.6) is 0 Å². The lowest BCUT2D eigenvalue weighted by Gasteiger charge is -2.46. The maximum absolute atomic E-state index is 12.3. The molecule has 7 heteroatoms. The molecule has 1 atom stereocenters. The molecule has 0 amide bonds. The topological polar surface area (TPSA) is 69.6 Å². The van der Waals surface area contributed by atoms with Gasteiger partial charge >= 0.3 is 0 Å². The van der Waals surface area contributed by atoms with E-state index in [1.807, 2.05) is 6.92 Å². The van der Waals surface area contributed by atoms with Gasteiger partial charge in [-0.15, -0.1) is 0 Å². The first-order valence-corrected chi connectivity index (χ1v) is 10.1. The molecule has 1 unspecified atom stereocenters. The lowest BCUT2D eigenvalue weighted by molar-refractivity contribution is -0.113. The van der Waals surface area contributed by atoms with Crippen molar-refractivity contribution in [1.29, 1.82) is 0 Å². The summed E-state index contributed by atoms with van der Waals surface area (Å²) in [6, 6.07) is 5.16. The average molecular weight is 388 g/mol. The predicted molar refractivity (Wildman–Crippen MR) is 99.7 cm³/mol. The van der Waals surface area contributed by atoms with Gasteiger partial charge in [0.05, 0.1) is 20.9 Å². The third kappa shape index (κ3) is 3.00. The van der Waals surface area contributed by atoms with E-state index in [9.17, 15) is 13.9 Å². The van der Waals surface area contributed by atoms with Gasteiger partial charge in [0, 0.05) is 22.7 Å². The van der Waals surface area contributed by atoms with Crippen LogP contribution in [-0.2, 0) is 4.79 Å². The monoisotopic (exact) mass is 387 g/mol. The highest BCUT2D eigenvalue weighted by molar-refractivity contribution is 8.27. The molecule has 1 aromatic carbocycles. The number of halogens is 2. The van der Waals surface area contributed by atoms with E-state index >= 15 is 0 Å². The summed E-state index contributed by atoms with van der Waals surface area (Å²) < 4.78 is 21.3. The fourth-order valence-corrected chi connectivity index (χ4v) is 5.74. The number of hydrogen-bond acceptors (Lipinski definition) is 4. The van der Waals surface area contributed by atoms with E-state index in [0.29, 0.717) is 32.7 Å². The fourth-order valence-electron chi connectivity index (χ4n) is 3.49. The number of rotatable bonds is 2. The number of Topliss-reactive ketones (excluding diaryl/α,β-unsaturated/α-hetero) is 1. The van der Waals surface area contributed by atoms with Crippen molar-refractivity contribution in [2.45, 2.75) is 32.6 Å². The summed E-state index contributed by atoms with van der Waals surface area (Å²) in [4.78, 5) is 12.8. The molecule has 0 saturated carbocycles. The molecule has 0 spiro atoms. The minimum atomic E-state index is -2.94. The molecule has 3 N–H and O–H groups in total. The lowest BCUT2D eigenvalue weighted by atomic mass is 9.84. The van der Waals surface area contributed by atoms with Gasteiger partial charge in [0.1, 0.15) is 0 Å². The SMILES string of the molecule is CC(=O)C1=C(C)NC2=C(C1c1ccc(Cl)c(Cl)c1)S(O)(O)CCC2. The molecule has 0 aliphatic carbocycles. The maximum Gasteiger partial charge on any atom is 0.158 e. The van der Waals surface area contributed by atoms with E-state index < -0.39 is 16.5 Å². The van der Waals surface area contributed by atoms with Gasteiger partial charge in [0.25, 0.3) is 0 Å². The van der Waals surface area contributed by atoms with Crippen LogP contribution in [0.2, 0.25) is 10.0 Å². The summed E-state index contributed by atoms with van der Waals surface area (Å²) in [6.45, 7) is 3.33. The predicted octanol–water partition coefficient (Wildman–Crippen LogP) is 5.30. The second-order valence-corrected chi connectivity index (χ2v) is 9.14. The van der Waals surface area contributed by atoms with Crippen molar-refractivity contribution in [2.75, 3.05) is 5.75 Å². The van der Waals surface area contributed by atoms with E-state index in [1.165, 1.54) is 6.92 Å². The Balaban J connectivity index is 2.24. The van der Waals surface area contributed by atoms with Crippen molar-refractivity contribution in [3.05, 3.63) is 55.7 Å². The Morgan fingerprint density at radius 1 is 1.29 bits per heavy atom. The first-order chi connectivity index (χ1) is 11.2. The Hall–Kier alpha value is -0.980. The summed E-state index contributed by atoms with van der Waals surface area (Å²) >= 11 is 12.2. The smallest absolute Gasteiger partial charge is 0.158 e. The highest BCUT2D eigenvalue weighted by Gasteiger charge is 2.40. The van der Waals surface area contributed by atoms with E-state index in [0.717, 1.165) is 23.4 Å². The van der Waals surface area contributed by atoms with E-state index in [1.54, 1.807) is 18.2 Å². The number of benzene rings is 1. The zero-order valence-electron chi connectivity index (χ0n) is 13.4. The number of dihydropyridines is 1. The molecule has 2 aliphatic rings. The molecule has 0 aromatic heterocycles. The molecular weight excluding hydrogens is 369 g/mol. The van der Waals surface area contributed by atoms with Crippen molar-refractivity contribution in [1.82, 2.24) is 5.32 Å². The van der Waals surface area contributed by atoms with Gasteiger partial charge in [-0.3, -0.25) is 13.9 Å². The molecule has 3 rings (SSSR count). The van der Waals surface area contributed by atoms with Crippen molar-refractivity contribution in [3.63, 3.8) is 0 Å².